The van der Waals surface area contributed by atoms with Crippen molar-refractivity contribution in [2.45, 2.75) is 36.8 Å². The Bertz CT molecular complexity index is 719. The van der Waals surface area contributed by atoms with Crippen LogP contribution in [0.15, 0.2) is 36.5 Å². The highest BCUT2D eigenvalue weighted by molar-refractivity contribution is 5.91. The smallest absolute Gasteiger partial charge is 0.336 e. The molecule has 0 bridgehead atoms. The molecule has 0 aromatic heterocycles. The SMILES string of the molecule is C=C(CO)C(=O)O[C@@H]1C[C@H]2C(=C)C(=O)O[C@@H]2[C@@H]2[C@@H](C[C@H](O)[C@]23CO3)C1=C. The van der Waals surface area contributed by atoms with Crippen molar-refractivity contribution in [2.24, 2.45) is 17.8 Å². The molecule has 2 aliphatic carbocycles. The predicted octanol–water partition coefficient (Wildman–Crippen LogP) is 0.270. The van der Waals surface area contributed by atoms with Crippen LogP contribution in [0, 0.1) is 17.8 Å². The highest BCUT2D eigenvalue weighted by atomic mass is 16.6. The summed E-state index contributed by atoms with van der Waals surface area (Å²) in [5.74, 6) is -1.97. The monoisotopic (exact) mass is 362 g/mol. The van der Waals surface area contributed by atoms with Crippen molar-refractivity contribution in [1.82, 2.24) is 0 Å². The molecule has 7 nitrogen and oxygen atoms in total. The average molecular weight is 362 g/mol. The molecule has 2 N–H and O–H groups in total. The van der Waals surface area contributed by atoms with Gasteiger partial charge in [0.15, 0.2) is 0 Å². The van der Waals surface area contributed by atoms with Gasteiger partial charge in [-0.2, -0.15) is 0 Å². The molecule has 4 fully saturated rings. The first kappa shape index (κ1) is 17.5. The van der Waals surface area contributed by atoms with Gasteiger partial charge in [-0.3, -0.25) is 0 Å². The highest BCUT2D eigenvalue weighted by Gasteiger charge is 2.70. The second kappa shape index (κ2) is 5.77. The van der Waals surface area contributed by atoms with Crippen molar-refractivity contribution in [1.29, 1.82) is 0 Å². The number of esters is 2. The van der Waals surface area contributed by atoms with Gasteiger partial charge in [0.05, 0.1) is 24.9 Å². The number of aliphatic hydroxyl groups is 2. The van der Waals surface area contributed by atoms with E-state index >= 15 is 0 Å². The molecule has 2 saturated heterocycles. The molecular formula is C19H22O7. The van der Waals surface area contributed by atoms with Crippen molar-refractivity contribution in [3.63, 3.8) is 0 Å². The Balaban J connectivity index is 1.69. The Labute approximate surface area is 150 Å². The maximum Gasteiger partial charge on any atom is 0.336 e. The zero-order valence-electron chi connectivity index (χ0n) is 14.3. The first-order chi connectivity index (χ1) is 12.3. The van der Waals surface area contributed by atoms with Gasteiger partial charge in [-0.25, -0.2) is 9.59 Å². The largest absolute Gasteiger partial charge is 0.458 e. The fourth-order valence-corrected chi connectivity index (χ4v) is 4.76. The van der Waals surface area contributed by atoms with Gasteiger partial charge in [-0.1, -0.05) is 19.7 Å². The lowest BCUT2D eigenvalue weighted by Crippen LogP contribution is -2.40. The number of aliphatic hydroxyl groups excluding tert-OH is 2. The molecule has 0 aromatic carbocycles. The quantitative estimate of drug-likeness (QED) is 0.321. The Hall–Kier alpha value is -1.96. The van der Waals surface area contributed by atoms with Gasteiger partial charge in [-0.05, 0) is 24.3 Å². The Morgan fingerprint density at radius 2 is 2.00 bits per heavy atom. The van der Waals surface area contributed by atoms with E-state index in [0.29, 0.717) is 30.6 Å². The van der Waals surface area contributed by atoms with Crippen LogP contribution in [-0.4, -0.2) is 59.3 Å². The Kier molecular flexibility index (Phi) is 3.87. The van der Waals surface area contributed by atoms with E-state index in [-0.39, 0.29) is 23.3 Å². The Morgan fingerprint density at radius 3 is 2.62 bits per heavy atom. The molecule has 7 heteroatoms. The number of epoxide rings is 1. The summed E-state index contributed by atoms with van der Waals surface area (Å²) in [6.45, 7) is 11.4. The van der Waals surface area contributed by atoms with Crippen LogP contribution in [-0.2, 0) is 23.8 Å². The number of rotatable bonds is 3. The fourth-order valence-electron chi connectivity index (χ4n) is 4.76. The maximum atomic E-state index is 12.1. The molecule has 26 heavy (non-hydrogen) atoms. The summed E-state index contributed by atoms with van der Waals surface area (Å²) in [5, 5.41) is 19.6. The van der Waals surface area contributed by atoms with E-state index in [1.54, 1.807) is 0 Å². The molecule has 1 spiro atoms. The van der Waals surface area contributed by atoms with Gasteiger partial charge in [0.1, 0.15) is 17.8 Å². The van der Waals surface area contributed by atoms with E-state index in [4.69, 9.17) is 19.3 Å². The Morgan fingerprint density at radius 1 is 1.31 bits per heavy atom. The summed E-state index contributed by atoms with van der Waals surface area (Å²) in [6, 6.07) is 0. The third kappa shape index (κ3) is 2.31. The summed E-state index contributed by atoms with van der Waals surface area (Å²) < 4.78 is 16.8. The van der Waals surface area contributed by atoms with Crippen LogP contribution in [0.25, 0.3) is 0 Å². The molecule has 140 valence electrons. The van der Waals surface area contributed by atoms with Crippen LogP contribution >= 0.6 is 0 Å². The van der Waals surface area contributed by atoms with Crippen molar-refractivity contribution < 1.29 is 34.0 Å². The van der Waals surface area contributed by atoms with E-state index in [9.17, 15) is 14.7 Å². The number of ether oxygens (including phenoxy) is 3. The van der Waals surface area contributed by atoms with Crippen LogP contribution in [0.4, 0.5) is 0 Å². The molecule has 2 saturated carbocycles. The number of fused-ring (bicyclic) bond motifs is 4. The number of carbonyl (C=O) groups is 2. The minimum atomic E-state index is -0.727. The number of hydrogen-bond acceptors (Lipinski definition) is 7. The topological polar surface area (TPSA) is 106 Å². The highest BCUT2D eigenvalue weighted by Crippen LogP contribution is 2.60. The van der Waals surface area contributed by atoms with Gasteiger partial charge >= 0.3 is 11.9 Å². The van der Waals surface area contributed by atoms with Crippen molar-refractivity contribution in [2.75, 3.05) is 13.2 Å². The molecular weight excluding hydrogens is 340 g/mol. The lowest BCUT2D eigenvalue weighted by molar-refractivity contribution is -0.145. The lowest BCUT2D eigenvalue weighted by atomic mass is 9.79. The van der Waals surface area contributed by atoms with Gasteiger partial charge in [0, 0.05) is 17.4 Å². The molecule has 2 heterocycles. The van der Waals surface area contributed by atoms with Crippen molar-refractivity contribution >= 4 is 11.9 Å². The van der Waals surface area contributed by atoms with E-state index in [1.165, 1.54) is 0 Å². The molecule has 0 unspecified atom stereocenters. The van der Waals surface area contributed by atoms with Crippen molar-refractivity contribution in [3.8, 4) is 0 Å². The van der Waals surface area contributed by atoms with Crippen LogP contribution in [0.2, 0.25) is 0 Å². The van der Waals surface area contributed by atoms with Gasteiger partial charge in [0.2, 0.25) is 0 Å². The minimum Gasteiger partial charge on any atom is -0.458 e. The van der Waals surface area contributed by atoms with E-state index in [2.05, 4.69) is 19.7 Å². The third-order valence-electron chi connectivity index (χ3n) is 6.31. The predicted molar refractivity (Wildman–Crippen MR) is 88.7 cm³/mol. The second-order valence-corrected chi connectivity index (χ2v) is 7.60. The number of carbonyl (C=O) groups excluding carboxylic acids is 2. The molecule has 0 amide bonds. The van der Waals surface area contributed by atoms with E-state index in [0.717, 1.165) is 0 Å². The van der Waals surface area contributed by atoms with E-state index in [1.807, 2.05) is 0 Å². The average Bonchev–Trinajstić information content (AvgIpc) is 3.31. The van der Waals surface area contributed by atoms with Crippen LogP contribution in [0.5, 0.6) is 0 Å². The van der Waals surface area contributed by atoms with E-state index < -0.39 is 42.5 Å². The fraction of sp³-hybridized carbons (Fsp3) is 0.579. The summed E-state index contributed by atoms with van der Waals surface area (Å²) in [6.07, 6.45) is -1.13. The second-order valence-electron chi connectivity index (χ2n) is 7.60. The first-order valence-corrected chi connectivity index (χ1v) is 8.70. The lowest BCUT2D eigenvalue weighted by Gasteiger charge is -2.28. The van der Waals surface area contributed by atoms with Crippen molar-refractivity contribution in [3.05, 3.63) is 36.5 Å². The summed E-state index contributed by atoms with van der Waals surface area (Å²) in [4.78, 5) is 24.2. The van der Waals surface area contributed by atoms with Crippen LogP contribution in [0.1, 0.15) is 12.8 Å². The van der Waals surface area contributed by atoms with Gasteiger partial charge in [-0.15, -0.1) is 0 Å². The number of hydrogen-bond donors (Lipinski definition) is 2. The summed E-state index contributed by atoms with van der Waals surface area (Å²) in [7, 11) is 0. The molecule has 4 aliphatic rings. The first-order valence-electron chi connectivity index (χ1n) is 8.70. The summed E-state index contributed by atoms with van der Waals surface area (Å²) in [5.41, 5.74) is 0.220. The molecule has 7 atom stereocenters. The third-order valence-corrected chi connectivity index (χ3v) is 6.31. The van der Waals surface area contributed by atoms with Gasteiger partial charge in [0.25, 0.3) is 0 Å². The molecule has 0 radical (unpaired) electrons. The zero-order chi connectivity index (χ0) is 18.8. The standard InChI is InChI=1S/C19H22O7/c1-8(6-20)17(22)25-13-4-12-10(3)18(23)26-16(12)15-11(9(13)2)5-14(21)19(15)7-24-19/h11-16,20-21H,1-7H2/t11-,12-,13+,14-,15-,16-,19+/m0/s1. The van der Waals surface area contributed by atoms with Crippen LogP contribution < -0.4 is 0 Å². The maximum absolute atomic E-state index is 12.1. The normalized spacial score (nSPS) is 43.5. The van der Waals surface area contributed by atoms with Crippen LogP contribution in [0.3, 0.4) is 0 Å². The minimum absolute atomic E-state index is 0.0545. The summed E-state index contributed by atoms with van der Waals surface area (Å²) >= 11 is 0. The van der Waals surface area contributed by atoms with Gasteiger partial charge < -0.3 is 24.4 Å². The molecule has 4 rings (SSSR count). The molecule has 0 aromatic rings. The zero-order valence-corrected chi connectivity index (χ0v) is 14.3. The molecule has 2 aliphatic heterocycles.